The van der Waals surface area contributed by atoms with Gasteiger partial charge in [-0.25, -0.2) is 14.7 Å². The predicted octanol–water partition coefficient (Wildman–Crippen LogP) is 0.962. The van der Waals surface area contributed by atoms with Gasteiger partial charge in [-0.2, -0.15) is 13.8 Å². The molecule has 32 heavy (non-hydrogen) atoms. The third-order valence-corrected chi connectivity index (χ3v) is 5.20. The summed E-state index contributed by atoms with van der Waals surface area (Å²) in [5.74, 6) is -3.60. The van der Waals surface area contributed by atoms with Crippen molar-refractivity contribution in [3.8, 4) is 11.5 Å². The molecule has 0 unspecified atom stereocenters. The molecule has 170 valence electrons. The van der Waals surface area contributed by atoms with Crippen LogP contribution in [0.5, 0.6) is 11.5 Å². The summed E-state index contributed by atoms with van der Waals surface area (Å²) in [6, 6.07) is 3.41. The third-order valence-electron chi connectivity index (χ3n) is 5.20. The number of carbonyl (C=O) groups excluding carboxylic acids is 2. The van der Waals surface area contributed by atoms with Crippen LogP contribution in [0.2, 0.25) is 0 Å². The van der Waals surface area contributed by atoms with Gasteiger partial charge in [0.15, 0.2) is 23.0 Å². The number of nitrogens with zero attached hydrogens (tertiary/aromatic N) is 3. The fourth-order valence-electron chi connectivity index (χ4n) is 3.15. The predicted molar refractivity (Wildman–Crippen MR) is 109 cm³/mol. The SMILES string of the molecule is NC(=O)N(C(=O)c1nc(F)ccc1OC[C@H]1CCN1)c1nc(F)ccc1OC[C@@H]1CCN1. The van der Waals surface area contributed by atoms with Gasteiger partial charge in [0.1, 0.15) is 13.2 Å². The topological polar surface area (TPSA) is 132 Å². The third kappa shape index (κ3) is 4.75. The highest BCUT2D eigenvalue weighted by Crippen LogP contribution is 2.30. The highest BCUT2D eigenvalue weighted by Gasteiger charge is 2.32. The number of primary amides is 1. The fraction of sp³-hybridized carbons (Fsp3) is 0.400. The number of nitrogens with one attached hydrogen (secondary N) is 2. The van der Waals surface area contributed by atoms with Gasteiger partial charge < -0.3 is 25.8 Å². The first-order chi connectivity index (χ1) is 15.4. The molecule has 12 heteroatoms. The summed E-state index contributed by atoms with van der Waals surface area (Å²) in [4.78, 5) is 33.1. The zero-order chi connectivity index (χ0) is 22.7. The molecule has 2 aliphatic heterocycles. The van der Waals surface area contributed by atoms with Gasteiger partial charge in [0, 0.05) is 12.1 Å². The molecule has 10 nitrogen and oxygen atoms in total. The van der Waals surface area contributed by atoms with Crippen LogP contribution in [-0.2, 0) is 0 Å². The zero-order valence-electron chi connectivity index (χ0n) is 17.0. The molecule has 0 aliphatic carbocycles. The minimum absolute atomic E-state index is 0.0372. The first-order valence-electron chi connectivity index (χ1n) is 10.1. The van der Waals surface area contributed by atoms with Crippen molar-refractivity contribution < 1.29 is 27.8 Å². The fourth-order valence-corrected chi connectivity index (χ4v) is 3.15. The average Bonchev–Trinajstić information content (AvgIpc) is 2.68. The number of hydrogen-bond acceptors (Lipinski definition) is 8. The Balaban J connectivity index is 1.64. The van der Waals surface area contributed by atoms with Crippen molar-refractivity contribution in [1.82, 2.24) is 20.6 Å². The van der Waals surface area contributed by atoms with Crippen LogP contribution < -0.4 is 30.7 Å². The van der Waals surface area contributed by atoms with Crippen molar-refractivity contribution in [3.05, 3.63) is 41.9 Å². The van der Waals surface area contributed by atoms with E-state index in [1.165, 1.54) is 12.1 Å². The molecule has 4 N–H and O–H groups in total. The second-order valence-corrected chi connectivity index (χ2v) is 7.42. The molecule has 2 aromatic rings. The van der Waals surface area contributed by atoms with E-state index in [-0.39, 0.29) is 36.8 Å². The molecule has 2 aliphatic rings. The number of ether oxygens (including phenoxy) is 2. The Morgan fingerprint density at radius 3 is 2.03 bits per heavy atom. The Labute approximate surface area is 182 Å². The van der Waals surface area contributed by atoms with Crippen LogP contribution in [0.25, 0.3) is 0 Å². The average molecular weight is 448 g/mol. The molecule has 0 spiro atoms. The van der Waals surface area contributed by atoms with Gasteiger partial charge in [-0.15, -0.1) is 0 Å². The number of urea groups is 1. The van der Waals surface area contributed by atoms with Crippen LogP contribution in [0.4, 0.5) is 19.4 Å². The Morgan fingerprint density at radius 2 is 1.50 bits per heavy atom. The van der Waals surface area contributed by atoms with Gasteiger partial charge in [-0.05, 0) is 50.2 Å². The minimum atomic E-state index is -1.27. The highest BCUT2D eigenvalue weighted by atomic mass is 19.1. The number of carbonyl (C=O) groups is 2. The van der Waals surface area contributed by atoms with Crippen molar-refractivity contribution in [2.24, 2.45) is 5.73 Å². The van der Waals surface area contributed by atoms with Crippen LogP contribution in [0, 0.1) is 11.9 Å². The lowest BCUT2D eigenvalue weighted by Gasteiger charge is -2.28. The highest BCUT2D eigenvalue weighted by molar-refractivity contribution is 6.20. The zero-order valence-corrected chi connectivity index (χ0v) is 17.0. The number of hydrogen-bond donors (Lipinski definition) is 3. The summed E-state index contributed by atoms with van der Waals surface area (Å²) in [5, 5.41) is 6.26. The molecule has 4 rings (SSSR count). The van der Waals surface area contributed by atoms with E-state index in [2.05, 4.69) is 20.6 Å². The molecule has 2 saturated heterocycles. The first-order valence-corrected chi connectivity index (χ1v) is 10.1. The van der Waals surface area contributed by atoms with Crippen molar-refractivity contribution in [1.29, 1.82) is 0 Å². The Bertz CT molecular complexity index is 1020. The lowest BCUT2D eigenvalue weighted by atomic mass is 10.1. The van der Waals surface area contributed by atoms with Crippen molar-refractivity contribution >= 4 is 17.8 Å². The summed E-state index contributed by atoms with van der Waals surface area (Å²) < 4.78 is 39.1. The molecule has 0 aromatic carbocycles. The second kappa shape index (κ2) is 9.40. The Morgan fingerprint density at radius 1 is 0.969 bits per heavy atom. The summed E-state index contributed by atoms with van der Waals surface area (Å²) in [7, 11) is 0. The van der Waals surface area contributed by atoms with Crippen molar-refractivity contribution in [2.75, 3.05) is 31.2 Å². The maximum Gasteiger partial charge on any atom is 0.327 e. The largest absolute Gasteiger partial charge is 0.489 e. The molecule has 2 aromatic heterocycles. The first kappa shape index (κ1) is 21.8. The van der Waals surface area contributed by atoms with Gasteiger partial charge in [0.25, 0.3) is 5.91 Å². The minimum Gasteiger partial charge on any atom is -0.489 e. The van der Waals surface area contributed by atoms with Crippen molar-refractivity contribution in [3.63, 3.8) is 0 Å². The molecule has 4 heterocycles. The molecular weight excluding hydrogens is 426 g/mol. The lowest BCUT2D eigenvalue weighted by molar-refractivity contribution is 0.0981. The molecule has 3 amide bonds. The van der Waals surface area contributed by atoms with Crippen LogP contribution in [-0.4, -0.2) is 60.3 Å². The van der Waals surface area contributed by atoms with Crippen LogP contribution >= 0.6 is 0 Å². The smallest absolute Gasteiger partial charge is 0.327 e. The van der Waals surface area contributed by atoms with E-state index in [1.54, 1.807) is 0 Å². The number of aromatic nitrogens is 2. The normalized spacial score (nSPS) is 19.4. The van der Waals surface area contributed by atoms with E-state index in [0.29, 0.717) is 4.90 Å². The molecule has 0 saturated carbocycles. The number of rotatable bonds is 8. The molecule has 2 atom stereocenters. The van der Waals surface area contributed by atoms with Crippen LogP contribution in [0.3, 0.4) is 0 Å². The van der Waals surface area contributed by atoms with Gasteiger partial charge in [0.2, 0.25) is 11.9 Å². The number of halogens is 2. The molecule has 2 fully saturated rings. The van der Waals surface area contributed by atoms with E-state index < -0.39 is 35.3 Å². The van der Waals surface area contributed by atoms with Crippen molar-refractivity contribution in [2.45, 2.75) is 24.9 Å². The van der Waals surface area contributed by atoms with Gasteiger partial charge in [-0.1, -0.05) is 0 Å². The molecule has 0 bridgehead atoms. The number of pyridine rings is 2. The summed E-state index contributed by atoms with van der Waals surface area (Å²) >= 11 is 0. The maximum atomic E-state index is 13.9. The molecular formula is C20H22F2N6O4. The Hall–Kier alpha value is -3.38. The van der Waals surface area contributed by atoms with Crippen LogP contribution in [0.15, 0.2) is 24.3 Å². The maximum absolute atomic E-state index is 13.9. The Kier molecular flexibility index (Phi) is 6.42. The second-order valence-electron chi connectivity index (χ2n) is 7.42. The lowest BCUT2D eigenvalue weighted by Crippen LogP contribution is -2.47. The quantitative estimate of drug-likeness (QED) is 0.509. The van der Waals surface area contributed by atoms with E-state index in [4.69, 9.17) is 15.2 Å². The van der Waals surface area contributed by atoms with E-state index in [1.807, 2.05) is 0 Å². The monoisotopic (exact) mass is 448 g/mol. The summed E-state index contributed by atoms with van der Waals surface area (Å²) in [6.45, 7) is 2.12. The number of nitrogens with two attached hydrogens (primary N) is 1. The number of anilines is 1. The van der Waals surface area contributed by atoms with Gasteiger partial charge in [0.05, 0.1) is 0 Å². The van der Waals surface area contributed by atoms with E-state index in [9.17, 15) is 18.4 Å². The van der Waals surface area contributed by atoms with E-state index in [0.717, 1.165) is 38.1 Å². The molecule has 0 radical (unpaired) electrons. The van der Waals surface area contributed by atoms with Gasteiger partial charge in [-0.3, -0.25) is 4.79 Å². The van der Waals surface area contributed by atoms with E-state index >= 15 is 0 Å². The summed E-state index contributed by atoms with van der Waals surface area (Å²) in [5.41, 5.74) is 4.92. The summed E-state index contributed by atoms with van der Waals surface area (Å²) in [6.07, 6.45) is 1.77. The van der Waals surface area contributed by atoms with Gasteiger partial charge >= 0.3 is 6.03 Å². The number of imide groups is 1. The number of amides is 3. The standard InChI is InChI=1S/C20H22F2N6O4/c21-15-3-1-13(31-9-11-5-7-24-11)17(26-15)19(29)28(20(23)30)18-14(2-4-16(22)27-18)32-10-12-6-8-25-12/h1-4,11-12,24-25H,5-10H2,(H2,23,30)/t11-,12+/m1/s1. The van der Waals surface area contributed by atoms with Crippen LogP contribution in [0.1, 0.15) is 23.3 Å².